The van der Waals surface area contributed by atoms with E-state index in [1.807, 2.05) is 6.92 Å². The van der Waals surface area contributed by atoms with E-state index >= 15 is 0 Å². The Balaban J connectivity index is 1.85. The molecule has 22 heavy (non-hydrogen) atoms. The fraction of sp³-hybridized carbons (Fsp3) is 0.800. The zero-order chi connectivity index (χ0) is 15.9. The number of urea groups is 1. The van der Waals surface area contributed by atoms with Gasteiger partial charge in [0.15, 0.2) is 5.82 Å². The lowest BCUT2D eigenvalue weighted by Gasteiger charge is -2.24. The highest BCUT2D eigenvalue weighted by Crippen LogP contribution is 2.23. The fourth-order valence-corrected chi connectivity index (χ4v) is 3.04. The molecule has 1 aliphatic rings. The van der Waals surface area contributed by atoms with E-state index in [4.69, 9.17) is 5.11 Å². The molecule has 1 aromatic rings. The summed E-state index contributed by atoms with van der Waals surface area (Å²) in [5.41, 5.74) is 0. The van der Waals surface area contributed by atoms with Crippen molar-refractivity contribution in [2.24, 2.45) is 5.92 Å². The Kier molecular flexibility index (Phi) is 6.18. The third kappa shape index (κ3) is 4.19. The number of aromatic nitrogens is 3. The van der Waals surface area contributed by atoms with Gasteiger partial charge < -0.3 is 20.3 Å². The van der Waals surface area contributed by atoms with Gasteiger partial charge in [0.1, 0.15) is 5.82 Å². The maximum Gasteiger partial charge on any atom is 0.315 e. The van der Waals surface area contributed by atoms with Gasteiger partial charge in [-0.05, 0) is 38.5 Å². The molecule has 2 heterocycles. The van der Waals surface area contributed by atoms with E-state index in [1.54, 1.807) is 0 Å². The van der Waals surface area contributed by atoms with Gasteiger partial charge in [-0.3, -0.25) is 0 Å². The predicted octanol–water partition coefficient (Wildman–Crippen LogP) is 1.52. The predicted molar refractivity (Wildman–Crippen MR) is 83.4 cm³/mol. The fourth-order valence-electron chi connectivity index (χ4n) is 3.04. The summed E-state index contributed by atoms with van der Waals surface area (Å²) in [5, 5.41) is 23.2. The first-order valence-electron chi connectivity index (χ1n) is 8.20. The van der Waals surface area contributed by atoms with Crippen LogP contribution in [-0.4, -0.2) is 39.1 Å². The number of hydrogen-bond acceptors (Lipinski definition) is 4. The van der Waals surface area contributed by atoms with Crippen LogP contribution in [-0.2, 0) is 6.54 Å². The zero-order valence-electron chi connectivity index (χ0n) is 13.5. The van der Waals surface area contributed by atoms with Crippen LogP contribution in [0.2, 0.25) is 0 Å². The first-order chi connectivity index (χ1) is 10.7. The van der Waals surface area contributed by atoms with Crippen LogP contribution in [0.1, 0.15) is 56.7 Å². The van der Waals surface area contributed by atoms with E-state index in [-0.39, 0.29) is 18.7 Å². The highest BCUT2D eigenvalue weighted by molar-refractivity contribution is 5.74. The molecule has 7 heteroatoms. The van der Waals surface area contributed by atoms with E-state index in [0.717, 1.165) is 50.3 Å². The number of nitrogens with one attached hydrogen (secondary N) is 2. The van der Waals surface area contributed by atoms with Crippen molar-refractivity contribution in [1.29, 1.82) is 0 Å². The molecule has 1 aliphatic heterocycles. The van der Waals surface area contributed by atoms with Crippen LogP contribution >= 0.6 is 0 Å². The van der Waals surface area contributed by atoms with Crippen LogP contribution in [0.15, 0.2) is 0 Å². The molecule has 0 fully saturated rings. The number of hydrogen-bond donors (Lipinski definition) is 3. The number of aliphatic hydroxyl groups is 1. The van der Waals surface area contributed by atoms with Gasteiger partial charge in [0.2, 0.25) is 0 Å². The van der Waals surface area contributed by atoms with Crippen molar-refractivity contribution in [1.82, 2.24) is 25.4 Å². The van der Waals surface area contributed by atoms with Crippen molar-refractivity contribution in [3.63, 3.8) is 0 Å². The summed E-state index contributed by atoms with van der Waals surface area (Å²) in [6.07, 6.45) is 4.70. The molecule has 2 amide bonds. The number of aliphatic hydroxyl groups excluding tert-OH is 1. The highest BCUT2D eigenvalue weighted by Gasteiger charge is 2.25. The second-order valence-electron chi connectivity index (χ2n) is 5.97. The molecular formula is C15H27N5O2. The molecule has 0 bridgehead atoms. The lowest BCUT2D eigenvalue weighted by molar-refractivity contribution is 0.223. The second kappa shape index (κ2) is 8.12. The molecule has 2 rings (SSSR count). The van der Waals surface area contributed by atoms with Crippen molar-refractivity contribution >= 4 is 6.03 Å². The van der Waals surface area contributed by atoms with Crippen molar-refractivity contribution in [2.45, 2.75) is 58.5 Å². The normalized spacial score (nSPS) is 18.6. The number of nitrogens with zero attached hydrogens (tertiary/aromatic N) is 3. The van der Waals surface area contributed by atoms with Crippen LogP contribution < -0.4 is 10.6 Å². The molecule has 0 saturated heterocycles. The topological polar surface area (TPSA) is 92.1 Å². The molecule has 0 saturated carbocycles. The molecule has 2 unspecified atom stereocenters. The van der Waals surface area contributed by atoms with E-state index in [0.29, 0.717) is 12.5 Å². The summed E-state index contributed by atoms with van der Waals surface area (Å²) in [5.74, 6) is 2.07. The summed E-state index contributed by atoms with van der Waals surface area (Å²) in [6, 6.07) is -0.240. The SMILES string of the molecule is CCCC(CCO)CNC(=O)NC1CCCn2c(C)nnc21. The molecule has 7 nitrogen and oxygen atoms in total. The summed E-state index contributed by atoms with van der Waals surface area (Å²) in [6.45, 7) is 5.73. The molecule has 0 radical (unpaired) electrons. The average molecular weight is 309 g/mol. The number of aryl methyl sites for hydroxylation is 1. The lowest BCUT2D eigenvalue weighted by atomic mass is 10.0. The Labute approximate surface area is 131 Å². The van der Waals surface area contributed by atoms with Gasteiger partial charge in [0.25, 0.3) is 0 Å². The van der Waals surface area contributed by atoms with Gasteiger partial charge in [-0.1, -0.05) is 13.3 Å². The van der Waals surface area contributed by atoms with E-state index in [9.17, 15) is 4.79 Å². The van der Waals surface area contributed by atoms with Crippen molar-refractivity contribution in [3.8, 4) is 0 Å². The van der Waals surface area contributed by atoms with Gasteiger partial charge in [-0.25, -0.2) is 4.79 Å². The maximum absolute atomic E-state index is 12.1. The number of carbonyl (C=O) groups is 1. The molecule has 0 aromatic carbocycles. The highest BCUT2D eigenvalue weighted by atomic mass is 16.3. The minimum absolute atomic E-state index is 0.0718. The Bertz CT molecular complexity index is 482. The molecule has 1 aromatic heterocycles. The number of rotatable bonds is 7. The first-order valence-corrected chi connectivity index (χ1v) is 8.20. The number of amides is 2. The summed E-state index contributed by atoms with van der Waals surface area (Å²) in [7, 11) is 0. The number of fused-ring (bicyclic) bond motifs is 1. The van der Waals surface area contributed by atoms with Crippen molar-refractivity contribution < 1.29 is 9.90 Å². The van der Waals surface area contributed by atoms with E-state index in [1.165, 1.54) is 0 Å². The standard InChI is InChI=1S/C15H27N5O2/c1-3-5-12(7-9-21)10-16-15(22)17-13-6-4-8-20-11(2)18-19-14(13)20/h12-13,21H,3-10H2,1-2H3,(H2,16,17,22). The van der Waals surface area contributed by atoms with E-state index in [2.05, 4.69) is 32.3 Å². The van der Waals surface area contributed by atoms with Crippen LogP contribution in [0, 0.1) is 12.8 Å². The smallest absolute Gasteiger partial charge is 0.315 e. The third-order valence-electron chi connectivity index (χ3n) is 4.24. The monoisotopic (exact) mass is 309 g/mol. The Morgan fingerprint density at radius 1 is 1.45 bits per heavy atom. The Morgan fingerprint density at radius 2 is 2.27 bits per heavy atom. The van der Waals surface area contributed by atoms with Crippen LogP contribution in [0.4, 0.5) is 4.79 Å². The van der Waals surface area contributed by atoms with Crippen LogP contribution in [0.3, 0.4) is 0 Å². The minimum Gasteiger partial charge on any atom is -0.396 e. The molecule has 0 aliphatic carbocycles. The molecule has 2 atom stereocenters. The zero-order valence-corrected chi connectivity index (χ0v) is 13.5. The summed E-state index contributed by atoms with van der Waals surface area (Å²) in [4.78, 5) is 12.1. The Morgan fingerprint density at radius 3 is 3.00 bits per heavy atom. The van der Waals surface area contributed by atoms with Crippen LogP contribution in [0.25, 0.3) is 0 Å². The summed E-state index contributed by atoms with van der Waals surface area (Å²) >= 11 is 0. The molecular weight excluding hydrogens is 282 g/mol. The van der Waals surface area contributed by atoms with Gasteiger partial charge in [-0.15, -0.1) is 10.2 Å². The Hall–Kier alpha value is -1.63. The molecule has 3 N–H and O–H groups in total. The third-order valence-corrected chi connectivity index (χ3v) is 4.24. The quantitative estimate of drug-likeness (QED) is 0.712. The second-order valence-corrected chi connectivity index (χ2v) is 5.97. The van der Waals surface area contributed by atoms with Gasteiger partial charge in [0.05, 0.1) is 6.04 Å². The van der Waals surface area contributed by atoms with Crippen molar-refractivity contribution in [3.05, 3.63) is 11.6 Å². The summed E-state index contributed by atoms with van der Waals surface area (Å²) < 4.78 is 2.07. The first kappa shape index (κ1) is 16.7. The van der Waals surface area contributed by atoms with E-state index < -0.39 is 0 Å². The number of carbonyl (C=O) groups excluding carboxylic acids is 1. The largest absolute Gasteiger partial charge is 0.396 e. The minimum atomic E-state index is -0.168. The molecule has 124 valence electrons. The maximum atomic E-state index is 12.1. The lowest BCUT2D eigenvalue weighted by Crippen LogP contribution is -2.42. The average Bonchev–Trinajstić information content (AvgIpc) is 2.88. The van der Waals surface area contributed by atoms with Crippen LogP contribution in [0.5, 0.6) is 0 Å². The molecule has 0 spiro atoms. The van der Waals surface area contributed by atoms with Crippen molar-refractivity contribution in [2.75, 3.05) is 13.2 Å². The van der Waals surface area contributed by atoms with Gasteiger partial charge in [-0.2, -0.15) is 0 Å². The van der Waals surface area contributed by atoms with Gasteiger partial charge in [0, 0.05) is 19.7 Å². The van der Waals surface area contributed by atoms with Gasteiger partial charge >= 0.3 is 6.03 Å².